The molecule has 58 heavy (non-hydrogen) atoms. The number of quaternary nitrogens is 1. The SMILES string of the molecule is CC/C=C\CC1OC1C/C=C\C/C=C\C/C=C\C/C=C\CCC(=O)OC[C@H](COP(=O)(O)OCC[N+](C)(C)C)O/C=C/CCCCCCCC/C=C\CCCCCC. The Morgan fingerprint density at radius 2 is 1.17 bits per heavy atom. The van der Waals surface area contributed by atoms with Crippen LogP contribution in [0.15, 0.2) is 85.3 Å². The molecule has 1 aliphatic rings. The third-order valence-corrected chi connectivity index (χ3v) is 10.4. The number of ether oxygens (including phenoxy) is 3. The summed E-state index contributed by atoms with van der Waals surface area (Å²) in [4.78, 5) is 22.7. The van der Waals surface area contributed by atoms with Gasteiger partial charge in [-0.25, -0.2) is 4.57 Å². The molecule has 1 N–H and O–H groups in total. The summed E-state index contributed by atoms with van der Waals surface area (Å²) in [6.07, 6.45) is 52.0. The fraction of sp³-hybridized carbons (Fsp3) is 0.688. The summed E-state index contributed by atoms with van der Waals surface area (Å²) >= 11 is 0. The minimum Gasteiger partial charge on any atom is -0.492 e. The Morgan fingerprint density at radius 1 is 0.655 bits per heavy atom. The van der Waals surface area contributed by atoms with Crippen molar-refractivity contribution in [2.45, 2.75) is 167 Å². The van der Waals surface area contributed by atoms with Crippen molar-refractivity contribution in [3.05, 3.63) is 85.3 Å². The van der Waals surface area contributed by atoms with Crippen molar-refractivity contribution < 1.29 is 42.0 Å². The molecule has 0 saturated carbocycles. The Kier molecular flexibility index (Phi) is 33.5. The fourth-order valence-electron chi connectivity index (χ4n) is 5.77. The second kappa shape index (κ2) is 36.3. The number of allylic oxidation sites excluding steroid dienone is 11. The summed E-state index contributed by atoms with van der Waals surface area (Å²) in [6.45, 7) is 4.66. The minimum absolute atomic E-state index is 0.0710. The molecule has 1 fully saturated rings. The molecular weight excluding hydrogens is 750 g/mol. The molecule has 0 aromatic carbocycles. The summed E-state index contributed by atoms with van der Waals surface area (Å²) in [5.74, 6) is -0.365. The molecule has 0 aliphatic carbocycles. The third-order valence-electron chi connectivity index (χ3n) is 9.45. The zero-order valence-electron chi connectivity index (χ0n) is 37.2. The molecule has 10 heteroatoms. The van der Waals surface area contributed by atoms with Gasteiger partial charge in [0.2, 0.25) is 0 Å². The maximum atomic E-state index is 12.5. The summed E-state index contributed by atoms with van der Waals surface area (Å²) in [5.41, 5.74) is 0. The lowest BCUT2D eigenvalue weighted by molar-refractivity contribution is -0.870. The van der Waals surface area contributed by atoms with Gasteiger partial charge >= 0.3 is 13.8 Å². The van der Waals surface area contributed by atoms with Crippen molar-refractivity contribution in [1.82, 2.24) is 0 Å². The number of epoxide rings is 1. The number of likely N-dealkylation sites (N-methyl/N-ethyl adjacent to an activating group) is 1. The number of esters is 1. The van der Waals surface area contributed by atoms with Gasteiger partial charge in [-0.3, -0.25) is 13.8 Å². The molecule has 3 unspecified atom stereocenters. The molecule has 0 bridgehead atoms. The molecule has 1 rings (SSSR count). The molecule has 0 spiro atoms. The van der Waals surface area contributed by atoms with Crippen LogP contribution in [0.25, 0.3) is 0 Å². The maximum Gasteiger partial charge on any atom is 0.472 e. The highest BCUT2D eigenvalue weighted by Gasteiger charge is 2.36. The van der Waals surface area contributed by atoms with Crippen LogP contribution in [0, 0.1) is 0 Å². The van der Waals surface area contributed by atoms with Gasteiger partial charge < -0.3 is 23.6 Å². The molecule has 332 valence electrons. The Balaban J connectivity index is 2.29. The highest BCUT2D eigenvalue weighted by atomic mass is 31.2. The summed E-state index contributed by atoms with van der Waals surface area (Å²) in [7, 11) is 1.61. The van der Waals surface area contributed by atoms with Gasteiger partial charge in [0.1, 0.15) is 19.8 Å². The van der Waals surface area contributed by atoms with Crippen LogP contribution in [0.5, 0.6) is 0 Å². The Labute approximate surface area is 354 Å². The first-order chi connectivity index (χ1) is 28.1. The molecule has 9 nitrogen and oxygen atoms in total. The van der Waals surface area contributed by atoms with E-state index < -0.39 is 13.9 Å². The molecule has 0 amide bonds. The van der Waals surface area contributed by atoms with Crippen molar-refractivity contribution >= 4 is 13.8 Å². The van der Waals surface area contributed by atoms with Crippen LogP contribution >= 0.6 is 7.82 Å². The lowest BCUT2D eigenvalue weighted by Crippen LogP contribution is -2.37. The van der Waals surface area contributed by atoms with Gasteiger partial charge in [0, 0.05) is 6.42 Å². The number of nitrogens with zero attached hydrogens (tertiary/aromatic N) is 1. The van der Waals surface area contributed by atoms with Crippen LogP contribution in [0.2, 0.25) is 0 Å². The lowest BCUT2D eigenvalue weighted by Gasteiger charge is -2.24. The number of hydrogen-bond donors (Lipinski definition) is 1. The zero-order chi connectivity index (χ0) is 42.4. The minimum atomic E-state index is -4.29. The van der Waals surface area contributed by atoms with Gasteiger partial charge in [0.15, 0.2) is 6.10 Å². The zero-order valence-corrected chi connectivity index (χ0v) is 38.1. The second-order valence-electron chi connectivity index (χ2n) is 16.1. The van der Waals surface area contributed by atoms with E-state index in [2.05, 4.69) is 74.6 Å². The van der Waals surface area contributed by atoms with Crippen LogP contribution in [0.3, 0.4) is 0 Å². The van der Waals surface area contributed by atoms with Gasteiger partial charge in [0.25, 0.3) is 0 Å². The normalized spacial score (nSPS) is 18.0. The predicted molar refractivity (Wildman–Crippen MR) is 241 cm³/mol. The Bertz CT molecular complexity index is 1260. The van der Waals surface area contributed by atoms with Crippen molar-refractivity contribution in [2.24, 2.45) is 0 Å². The van der Waals surface area contributed by atoms with E-state index in [0.717, 1.165) is 57.8 Å². The predicted octanol–water partition coefficient (Wildman–Crippen LogP) is 12.6. The first-order valence-electron chi connectivity index (χ1n) is 22.5. The van der Waals surface area contributed by atoms with E-state index in [1.54, 1.807) is 6.26 Å². The second-order valence-corrected chi connectivity index (χ2v) is 17.6. The van der Waals surface area contributed by atoms with Crippen LogP contribution < -0.4 is 0 Å². The number of carbonyl (C=O) groups is 1. The highest BCUT2D eigenvalue weighted by molar-refractivity contribution is 7.47. The average molecular weight is 833 g/mol. The number of phosphoric ester groups is 1. The molecule has 0 aromatic heterocycles. The monoisotopic (exact) mass is 833 g/mol. The van der Waals surface area contributed by atoms with Gasteiger partial charge in [-0.15, -0.1) is 0 Å². The Morgan fingerprint density at radius 3 is 1.76 bits per heavy atom. The topological polar surface area (TPSA) is 104 Å². The van der Waals surface area contributed by atoms with Gasteiger partial charge in [-0.2, -0.15) is 0 Å². The maximum absolute atomic E-state index is 12.5. The van der Waals surface area contributed by atoms with E-state index in [-0.39, 0.29) is 32.2 Å². The highest BCUT2D eigenvalue weighted by Crippen LogP contribution is 2.43. The van der Waals surface area contributed by atoms with Crippen LogP contribution in [0.4, 0.5) is 0 Å². The molecule has 4 atom stereocenters. The van der Waals surface area contributed by atoms with Crippen molar-refractivity contribution in [3.8, 4) is 0 Å². The number of phosphoric acid groups is 1. The van der Waals surface area contributed by atoms with E-state index >= 15 is 0 Å². The van der Waals surface area contributed by atoms with Gasteiger partial charge in [-0.1, -0.05) is 132 Å². The first kappa shape index (κ1) is 53.5. The molecular formula is C48H83NO8P+. The number of carbonyl (C=O) groups excluding carboxylic acids is 1. The van der Waals surface area contributed by atoms with Crippen LogP contribution in [-0.2, 0) is 32.6 Å². The molecule has 1 saturated heterocycles. The fourth-order valence-corrected chi connectivity index (χ4v) is 6.52. The van der Waals surface area contributed by atoms with E-state index in [1.165, 1.54) is 64.2 Å². The number of hydrogen-bond acceptors (Lipinski definition) is 7. The van der Waals surface area contributed by atoms with Crippen molar-refractivity contribution in [2.75, 3.05) is 47.5 Å². The number of unbranched alkanes of at least 4 members (excludes halogenated alkanes) is 11. The third kappa shape index (κ3) is 36.6. The van der Waals surface area contributed by atoms with Gasteiger partial charge in [0.05, 0.1) is 46.2 Å². The van der Waals surface area contributed by atoms with E-state index in [9.17, 15) is 14.3 Å². The molecule has 1 heterocycles. The van der Waals surface area contributed by atoms with Crippen LogP contribution in [0.1, 0.15) is 149 Å². The van der Waals surface area contributed by atoms with E-state index in [0.29, 0.717) is 29.7 Å². The van der Waals surface area contributed by atoms with Crippen molar-refractivity contribution in [1.29, 1.82) is 0 Å². The number of rotatable bonds is 39. The Hall–Kier alpha value is -2.52. The summed E-state index contributed by atoms with van der Waals surface area (Å²) < 4.78 is 40.4. The smallest absolute Gasteiger partial charge is 0.472 e. The standard InChI is InChI=1S/C48H82NO8P/c1-6-8-10-11-12-13-14-15-16-17-20-23-26-29-32-36-41-53-45(44-56-58(51,52)55-42-40-49(3,4)5)43-54-48(50)39-35-31-28-25-22-19-18-21-24-27-30-34-38-47-46(57-47)37-33-9-7-2/h9,13-14,19,21-22,24,28,30-31,33-34,36,41,45-47H,6-8,10-12,15-18,20,23,25-27,29,32,35,37-40,42-44H2,1-5H3/p+1/b14-13-,22-19-,24-21-,31-28-,33-9-,34-30-,41-36+/t45-,46?,47?/m1/s1. The van der Waals surface area contributed by atoms with E-state index in [4.69, 9.17) is 23.3 Å². The molecule has 1 aliphatic heterocycles. The molecule has 0 aromatic rings. The largest absolute Gasteiger partial charge is 0.492 e. The quantitative estimate of drug-likeness (QED) is 0.0124. The van der Waals surface area contributed by atoms with Crippen molar-refractivity contribution in [3.63, 3.8) is 0 Å². The summed E-state index contributed by atoms with van der Waals surface area (Å²) in [5, 5.41) is 0. The van der Waals surface area contributed by atoms with E-state index in [1.807, 2.05) is 39.4 Å². The summed E-state index contributed by atoms with van der Waals surface area (Å²) in [6, 6.07) is 0. The lowest BCUT2D eigenvalue weighted by atomic mass is 10.1. The van der Waals surface area contributed by atoms with Gasteiger partial charge in [-0.05, 0) is 89.5 Å². The molecule has 0 radical (unpaired) electrons. The van der Waals surface area contributed by atoms with Crippen LogP contribution in [-0.4, -0.2) is 81.2 Å². The average Bonchev–Trinajstić information content (AvgIpc) is 3.94. The first-order valence-corrected chi connectivity index (χ1v) is 24.0.